The van der Waals surface area contributed by atoms with Gasteiger partial charge in [-0.1, -0.05) is 12.1 Å². The van der Waals surface area contributed by atoms with Crippen molar-refractivity contribution in [1.29, 1.82) is 0 Å². The zero-order chi connectivity index (χ0) is 14.4. The molecule has 2 rings (SSSR count). The molecule has 104 valence electrons. The van der Waals surface area contributed by atoms with Crippen molar-refractivity contribution >= 4 is 11.6 Å². The number of nitrogens with two attached hydrogens (primary N) is 1. The van der Waals surface area contributed by atoms with Gasteiger partial charge in [0.05, 0.1) is 7.11 Å². The predicted octanol–water partition coefficient (Wildman–Crippen LogP) is 2.25. The maximum absolute atomic E-state index is 11.9. The van der Waals surface area contributed by atoms with Crippen molar-refractivity contribution in [3.63, 3.8) is 0 Å². The first kappa shape index (κ1) is 13.9. The van der Waals surface area contributed by atoms with Crippen LogP contribution in [-0.4, -0.2) is 19.6 Å². The molecular weight excluding hydrogens is 252 g/mol. The van der Waals surface area contributed by atoms with Crippen molar-refractivity contribution in [2.24, 2.45) is 0 Å². The lowest BCUT2D eigenvalue weighted by atomic mass is 10.1. The lowest BCUT2D eigenvalue weighted by molar-refractivity contribution is 0.0954. The number of hydrogen-bond donors (Lipinski definition) is 2. The topological polar surface area (TPSA) is 64.3 Å². The normalized spacial score (nSPS) is 10.1. The first-order valence-electron chi connectivity index (χ1n) is 6.46. The Balaban J connectivity index is 1.83. The van der Waals surface area contributed by atoms with Crippen LogP contribution < -0.4 is 15.8 Å². The monoisotopic (exact) mass is 270 g/mol. The molecule has 0 saturated carbocycles. The van der Waals surface area contributed by atoms with Crippen LogP contribution in [0.3, 0.4) is 0 Å². The molecule has 0 atom stereocenters. The number of amides is 1. The van der Waals surface area contributed by atoms with Crippen LogP contribution in [0.4, 0.5) is 5.69 Å². The highest BCUT2D eigenvalue weighted by Crippen LogP contribution is 2.11. The fraction of sp³-hybridized carbons (Fsp3) is 0.188. The van der Waals surface area contributed by atoms with E-state index in [0.29, 0.717) is 12.1 Å². The van der Waals surface area contributed by atoms with Gasteiger partial charge in [0.1, 0.15) is 5.75 Å². The minimum atomic E-state index is -0.0805. The Labute approximate surface area is 118 Å². The number of hydrogen-bond acceptors (Lipinski definition) is 3. The number of ether oxygens (including phenoxy) is 1. The molecule has 0 radical (unpaired) electrons. The van der Waals surface area contributed by atoms with Gasteiger partial charge in [0.25, 0.3) is 5.91 Å². The fourth-order valence-electron chi connectivity index (χ4n) is 1.85. The van der Waals surface area contributed by atoms with Gasteiger partial charge in [-0.3, -0.25) is 4.79 Å². The van der Waals surface area contributed by atoms with Gasteiger partial charge in [0.2, 0.25) is 0 Å². The number of methoxy groups -OCH3 is 1. The molecule has 0 aromatic heterocycles. The smallest absolute Gasteiger partial charge is 0.251 e. The van der Waals surface area contributed by atoms with Gasteiger partial charge in [0, 0.05) is 17.8 Å². The van der Waals surface area contributed by atoms with Gasteiger partial charge in [-0.05, 0) is 48.4 Å². The second-order valence-corrected chi connectivity index (χ2v) is 4.48. The molecule has 0 spiro atoms. The molecule has 4 nitrogen and oxygen atoms in total. The van der Waals surface area contributed by atoms with E-state index in [1.807, 2.05) is 24.3 Å². The number of nitrogen functional groups attached to an aromatic ring is 1. The highest BCUT2D eigenvalue weighted by atomic mass is 16.5. The Kier molecular flexibility index (Phi) is 4.60. The summed E-state index contributed by atoms with van der Waals surface area (Å²) in [6, 6.07) is 14.7. The molecule has 1 amide bonds. The summed E-state index contributed by atoms with van der Waals surface area (Å²) < 4.78 is 5.06. The van der Waals surface area contributed by atoms with Gasteiger partial charge in [-0.2, -0.15) is 0 Å². The van der Waals surface area contributed by atoms with Crippen molar-refractivity contribution in [2.75, 3.05) is 19.4 Å². The molecule has 3 N–H and O–H groups in total. The first-order chi connectivity index (χ1) is 9.69. The lowest BCUT2D eigenvalue weighted by Gasteiger charge is -2.06. The summed E-state index contributed by atoms with van der Waals surface area (Å²) >= 11 is 0. The van der Waals surface area contributed by atoms with Crippen LogP contribution in [0.2, 0.25) is 0 Å². The van der Waals surface area contributed by atoms with Crippen molar-refractivity contribution < 1.29 is 9.53 Å². The van der Waals surface area contributed by atoms with Crippen molar-refractivity contribution in [3.05, 3.63) is 59.7 Å². The summed E-state index contributed by atoms with van der Waals surface area (Å²) in [5, 5.41) is 2.89. The van der Waals surface area contributed by atoms with Crippen LogP contribution in [0.25, 0.3) is 0 Å². The molecule has 2 aromatic carbocycles. The average Bonchev–Trinajstić information content (AvgIpc) is 2.49. The Hall–Kier alpha value is -2.49. The van der Waals surface area contributed by atoms with Crippen LogP contribution in [-0.2, 0) is 6.42 Å². The summed E-state index contributed by atoms with van der Waals surface area (Å²) in [4.78, 5) is 11.9. The minimum absolute atomic E-state index is 0.0805. The second-order valence-electron chi connectivity index (χ2n) is 4.48. The zero-order valence-electron chi connectivity index (χ0n) is 11.4. The Morgan fingerprint density at radius 2 is 1.75 bits per heavy atom. The molecule has 0 aliphatic heterocycles. The van der Waals surface area contributed by atoms with Crippen molar-refractivity contribution in [2.45, 2.75) is 6.42 Å². The number of anilines is 1. The first-order valence-corrected chi connectivity index (χ1v) is 6.46. The molecule has 0 unspecified atom stereocenters. The van der Waals surface area contributed by atoms with E-state index < -0.39 is 0 Å². The van der Waals surface area contributed by atoms with E-state index >= 15 is 0 Å². The molecule has 0 heterocycles. The number of nitrogens with one attached hydrogen (secondary N) is 1. The Bertz CT molecular complexity index is 562. The highest BCUT2D eigenvalue weighted by molar-refractivity contribution is 5.94. The Morgan fingerprint density at radius 1 is 1.10 bits per heavy atom. The molecule has 0 aliphatic rings. The van der Waals surface area contributed by atoms with E-state index in [4.69, 9.17) is 10.5 Å². The molecule has 0 saturated heterocycles. The van der Waals surface area contributed by atoms with Crippen LogP contribution in [0.15, 0.2) is 48.5 Å². The van der Waals surface area contributed by atoms with Crippen LogP contribution in [0.1, 0.15) is 15.9 Å². The number of benzene rings is 2. The summed E-state index contributed by atoms with van der Waals surface area (Å²) in [7, 11) is 1.60. The number of rotatable bonds is 5. The SMILES string of the molecule is COc1ccc(C(=O)NCCc2ccc(N)cc2)cc1. The molecule has 0 bridgehead atoms. The largest absolute Gasteiger partial charge is 0.497 e. The predicted molar refractivity (Wildman–Crippen MR) is 79.9 cm³/mol. The fourth-order valence-corrected chi connectivity index (χ4v) is 1.85. The van der Waals surface area contributed by atoms with Gasteiger partial charge < -0.3 is 15.8 Å². The van der Waals surface area contributed by atoms with Gasteiger partial charge in [0.15, 0.2) is 0 Å². The third-order valence-corrected chi connectivity index (χ3v) is 3.03. The zero-order valence-corrected chi connectivity index (χ0v) is 11.4. The van der Waals surface area contributed by atoms with Crippen molar-refractivity contribution in [3.8, 4) is 5.75 Å². The van der Waals surface area contributed by atoms with Gasteiger partial charge in [-0.25, -0.2) is 0 Å². The van der Waals surface area contributed by atoms with E-state index in [0.717, 1.165) is 23.4 Å². The highest BCUT2D eigenvalue weighted by Gasteiger charge is 2.04. The van der Waals surface area contributed by atoms with Crippen LogP contribution in [0, 0.1) is 0 Å². The summed E-state index contributed by atoms with van der Waals surface area (Å²) in [6.45, 7) is 0.592. The van der Waals surface area contributed by atoms with Crippen molar-refractivity contribution in [1.82, 2.24) is 5.32 Å². The Morgan fingerprint density at radius 3 is 2.35 bits per heavy atom. The van der Waals surface area contributed by atoms with E-state index in [1.54, 1.807) is 31.4 Å². The average molecular weight is 270 g/mol. The third kappa shape index (κ3) is 3.75. The lowest BCUT2D eigenvalue weighted by Crippen LogP contribution is -2.25. The quantitative estimate of drug-likeness (QED) is 0.819. The number of carbonyl (C=O) groups excluding carboxylic acids is 1. The molecule has 2 aromatic rings. The van der Waals surface area contributed by atoms with E-state index in [9.17, 15) is 4.79 Å². The molecule has 0 fully saturated rings. The summed E-state index contributed by atoms with van der Waals surface area (Å²) in [6.07, 6.45) is 0.780. The van der Waals surface area contributed by atoms with Crippen LogP contribution >= 0.6 is 0 Å². The van der Waals surface area contributed by atoms with Gasteiger partial charge in [-0.15, -0.1) is 0 Å². The number of carbonyl (C=O) groups is 1. The molecule has 0 aliphatic carbocycles. The maximum atomic E-state index is 11.9. The van der Waals surface area contributed by atoms with E-state index in [-0.39, 0.29) is 5.91 Å². The summed E-state index contributed by atoms with van der Waals surface area (Å²) in [5.41, 5.74) is 8.14. The molecule has 20 heavy (non-hydrogen) atoms. The van der Waals surface area contributed by atoms with Crippen LogP contribution in [0.5, 0.6) is 5.75 Å². The standard InChI is InChI=1S/C16H18N2O2/c1-20-15-8-4-13(5-9-15)16(19)18-11-10-12-2-6-14(17)7-3-12/h2-9H,10-11,17H2,1H3,(H,18,19). The maximum Gasteiger partial charge on any atom is 0.251 e. The van der Waals surface area contributed by atoms with E-state index in [2.05, 4.69) is 5.32 Å². The third-order valence-electron chi connectivity index (χ3n) is 3.03. The minimum Gasteiger partial charge on any atom is -0.497 e. The second kappa shape index (κ2) is 6.61. The van der Waals surface area contributed by atoms with E-state index in [1.165, 1.54) is 0 Å². The molecule has 4 heteroatoms. The van der Waals surface area contributed by atoms with Gasteiger partial charge >= 0.3 is 0 Å². The molecular formula is C16H18N2O2. The summed E-state index contributed by atoms with van der Waals surface area (Å²) in [5.74, 6) is 0.659.